The zero-order valence-electron chi connectivity index (χ0n) is 10.9. The van der Waals surface area contributed by atoms with E-state index in [0.29, 0.717) is 0 Å². The van der Waals surface area contributed by atoms with Gasteiger partial charge in [-0.15, -0.1) is 0 Å². The smallest absolute Gasteiger partial charge is 0.0576 e. The summed E-state index contributed by atoms with van der Waals surface area (Å²) in [5.41, 5.74) is 6.14. The maximum Gasteiger partial charge on any atom is 0.0576 e. The largest absolute Gasteiger partial charge is 0.327 e. The maximum absolute atomic E-state index is 12.7. The van der Waals surface area contributed by atoms with Gasteiger partial charge in [0.2, 0.25) is 0 Å². The van der Waals surface area contributed by atoms with Gasteiger partial charge in [-0.05, 0) is 35.7 Å². The van der Waals surface area contributed by atoms with Crippen LogP contribution in [0.15, 0.2) is 47.4 Å². The van der Waals surface area contributed by atoms with Crippen LogP contribution in [0, 0.1) is 0 Å². The third-order valence-corrected chi connectivity index (χ3v) is 5.84. The molecular weight excluding hydrogens is 254 g/mol. The highest BCUT2D eigenvalue weighted by Gasteiger charge is 2.27. The molecule has 1 aliphatic carbocycles. The molecule has 3 atom stereocenters. The number of fused-ring (bicyclic) bond motifs is 1. The molecule has 3 heteroatoms. The Labute approximate surface area is 116 Å². The van der Waals surface area contributed by atoms with Crippen molar-refractivity contribution in [2.24, 2.45) is 5.73 Å². The summed E-state index contributed by atoms with van der Waals surface area (Å²) in [7, 11) is -0.981. The van der Waals surface area contributed by atoms with Crippen molar-refractivity contribution >= 4 is 21.6 Å². The maximum atomic E-state index is 12.7. The summed E-state index contributed by atoms with van der Waals surface area (Å²) >= 11 is 0. The average Bonchev–Trinajstić information content (AvgIpc) is 2.46. The number of benzene rings is 2. The molecule has 0 bridgehead atoms. The summed E-state index contributed by atoms with van der Waals surface area (Å²) in [6.45, 7) is 0. The Morgan fingerprint density at radius 1 is 1.00 bits per heavy atom. The van der Waals surface area contributed by atoms with E-state index >= 15 is 0 Å². The van der Waals surface area contributed by atoms with Crippen molar-refractivity contribution in [2.75, 3.05) is 0 Å². The van der Waals surface area contributed by atoms with Crippen LogP contribution < -0.4 is 5.73 Å². The van der Waals surface area contributed by atoms with Crippen LogP contribution in [0.4, 0.5) is 0 Å². The quantitative estimate of drug-likeness (QED) is 0.913. The fraction of sp³-hybridized carbons (Fsp3) is 0.375. The average molecular weight is 273 g/mol. The number of hydrogen-bond donors (Lipinski definition) is 1. The summed E-state index contributed by atoms with van der Waals surface area (Å²) in [5.74, 6) is 0. The van der Waals surface area contributed by atoms with Crippen LogP contribution in [0.25, 0.3) is 10.8 Å². The molecule has 2 aromatic carbocycles. The molecule has 0 heterocycles. The van der Waals surface area contributed by atoms with Crippen molar-refractivity contribution in [2.45, 2.75) is 41.9 Å². The topological polar surface area (TPSA) is 43.1 Å². The lowest BCUT2D eigenvalue weighted by Crippen LogP contribution is -2.40. The molecular formula is C16H19NOS. The second-order valence-corrected chi connectivity index (χ2v) is 6.96. The fourth-order valence-electron chi connectivity index (χ4n) is 2.86. The molecule has 0 saturated heterocycles. The Morgan fingerprint density at radius 2 is 1.74 bits per heavy atom. The first-order chi connectivity index (χ1) is 9.25. The number of hydrogen-bond acceptors (Lipinski definition) is 2. The summed E-state index contributed by atoms with van der Waals surface area (Å²) in [4.78, 5) is 0.918. The van der Waals surface area contributed by atoms with E-state index in [1.807, 2.05) is 24.3 Å². The fourth-order valence-corrected chi connectivity index (χ4v) is 4.49. The van der Waals surface area contributed by atoms with Crippen molar-refractivity contribution in [3.8, 4) is 0 Å². The van der Waals surface area contributed by atoms with Gasteiger partial charge in [0.15, 0.2) is 0 Å². The molecule has 3 unspecified atom stereocenters. The SMILES string of the molecule is NC1CCCCC1S(=O)c1ccc2ccccc2c1. The Balaban J connectivity index is 1.92. The molecule has 0 radical (unpaired) electrons. The second kappa shape index (κ2) is 5.43. The monoisotopic (exact) mass is 273 g/mol. The molecule has 2 nitrogen and oxygen atoms in total. The minimum atomic E-state index is -0.981. The van der Waals surface area contributed by atoms with Gasteiger partial charge in [-0.25, -0.2) is 0 Å². The highest BCUT2D eigenvalue weighted by atomic mass is 32.2. The van der Waals surface area contributed by atoms with E-state index in [4.69, 9.17) is 5.73 Å². The van der Waals surface area contributed by atoms with Crippen LogP contribution in [0.3, 0.4) is 0 Å². The number of rotatable bonds is 2. The molecule has 100 valence electrons. The van der Waals surface area contributed by atoms with Gasteiger partial charge < -0.3 is 5.73 Å². The molecule has 1 fully saturated rings. The molecule has 1 aliphatic rings. The van der Waals surface area contributed by atoms with Crippen LogP contribution in [-0.4, -0.2) is 15.5 Å². The van der Waals surface area contributed by atoms with E-state index in [0.717, 1.165) is 29.5 Å². The van der Waals surface area contributed by atoms with E-state index in [1.54, 1.807) is 0 Å². The lowest BCUT2D eigenvalue weighted by molar-refractivity contribution is 0.445. The van der Waals surface area contributed by atoms with E-state index in [-0.39, 0.29) is 11.3 Å². The molecule has 1 saturated carbocycles. The molecule has 0 aromatic heterocycles. The third kappa shape index (κ3) is 2.58. The standard InChI is InChI=1S/C16H19NOS/c17-15-7-3-4-8-16(15)19(18)14-10-9-12-5-1-2-6-13(12)11-14/h1-2,5-6,9-11,15-16H,3-4,7-8,17H2. The normalized spacial score (nSPS) is 25.3. The van der Waals surface area contributed by atoms with Crippen LogP contribution in [0.2, 0.25) is 0 Å². The van der Waals surface area contributed by atoms with Crippen molar-refractivity contribution in [3.05, 3.63) is 42.5 Å². The Hall–Kier alpha value is -1.19. The van der Waals surface area contributed by atoms with Crippen molar-refractivity contribution in [1.29, 1.82) is 0 Å². The van der Waals surface area contributed by atoms with Crippen LogP contribution in [-0.2, 0) is 10.8 Å². The zero-order valence-corrected chi connectivity index (χ0v) is 11.7. The highest BCUT2D eigenvalue weighted by molar-refractivity contribution is 7.85. The lowest BCUT2D eigenvalue weighted by atomic mass is 9.96. The highest BCUT2D eigenvalue weighted by Crippen LogP contribution is 2.27. The van der Waals surface area contributed by atoms with Crippen molar-refractivity contribution in [3.63, 3.8) is 0 Å². The molecule has 0 aliphatic heterocycles. The minimum absolute atomic E-state index is 0.0843. The van der Waals surface area contributed by atoms with Crippen molar-refractivity contribution in [1.82, 2.24) is 0 Å². The third-order valence-electron chi connectivity index (χ3n) is 3.98. The first kappa shape index (κ1) is 12.8. The number of nitrogens with two attached hydrogens (primary N) is 1. The summed E-state index contributed by atoms with van der Waals surface area (Å²) in [6, 6.07) is 14.4. The molecule has 0 amide bonds. The zero-order chi connectivity index (χ0) is 13.2. The van der Waals surface area contributed by atoms with Gasteiger partial charge >= 0.3 is 0 Å². The minimum Gasteiger partial charge on any atom is -0.327 e. The van der Waals surface area contributed by atoms with Gasteiger partial charge in [0.1, 0.15) is 0 Å². The molecule has 2 N–H and O–H groups in total. The van der Waals surface area contributed by atoms with Crippen LogP contribution >= 0.6 is 0 Å². The first-order valence-electron chi connectivity index (χ1n) is 6.91. The van der Waals surface area contributed by atoms with Crippen molar-refractivity contribution < 1.29 is 4.21 Å². The molecule has 0 spiro atoms. The van der Waals surface area contributed by atoms with Gasteiger partial charge in [-0.2, -0.15) is 0 Å². The Morgan fingerprint density at radius 3 is 2.53 bits per heavy atom. The van der Waals surface area contributed by atoms with E-state index in [1.165, 1.54) is 11.8 Å². The van der Waals surface area contributed by atoms with Crippen LogP contribution in [0.1, 0.15) is 25.7 Å². The van der Waals surface area contributed by atoms with Gasteiger partial charge in [0.25, 0.3) is 0 Å². The molecule has 2 aromatic rings. The second-order valence-electron chi connectivity index (χ2n) is 5.29. The van der Waals surface area contributed by atoms with Crippen LogP contribution in [0.5, 0.6) is 0 Å². The van der Waals surface area contributed by atoms with E-state index < -0.39 is 10.8 Å². The Bertz CT molecular complexity index is 610. The van der Waals surface area contributed by atoms with Gasteiger partial charge in [0.05, 0.1) is 16.0 Å². The summed E-state index contributed by atoms with van der Waals surface area (Å²) in [5, 5.41) is 2.46. The first-order valence-corrected chi connectivity index (χ1v) is 8.12. The van der Waals surface area contributed by atoms with Gasteiger partial charge in [0, 0.05) is 10.9 Å². The predicted molar refractivity (Wildman–Crippen MR) is 80.6 cm³/mol. The van der Waals surface area contributed by atoms with Gasteiger partial charge in [-0.1, -0.05) is 43.2 Å². The van der Waals surface area contributed by atoms with Gasteiger partial charge in [-0.3, -0.25) is 4.21 Å². The van der Waals surface area contributed by atoms with E-state index in [2.05, 4.69) is 18.2 Å². The lowest BCUT2D eigenvalue weighted by Gasteiger charge is -2.27. The molecule has 19 heavy (non-hydrogen) atoms. The predicted octanol–water partition coefficient (Wildman–Crippen LogP) is 3.22. The summed E-state index contributed by atoms with van der Waals surface area (Å²) < 4.78 is 12.7. The molecule has 3 rings (SSSR count). The summed E-state index contributed by atoms with van der Waals surface area (Å²) in [6.07, 6.45) is 4.31. The van der Waals surface area contributed by atoms with E-state index in [9.17, 15) is 4.21 Å². The Kier molecular flexibility index (Phi) is 3.67.